The van der Waals surface area contributed by atoms with Gasteiger partial charge in [0, 0.05) is 31.4 Å². The number of Topliss-reactive ketones (excluding diaryl/α,β-unsaturated/α-hetero) is 1. The van der Waals surface area contributed by atoms with Crippen molar-refractivity contribution < 1.29 is 27.6 Å². The molecule has 1 saturated heterocycles. The van der Waals surface area contributed by atoms with Gasteiger partial charge in [-0.3, -0.25) is 24.2 Å². The minimum absolute atomic E-state index is 0.230. The fourth-order valence-electron chi connectivity index (χ4n) is 2.95. The van der Waals surface area contributed by atoms with Crippen molar-refractivity contribution >= 4 is 33.5 Å². The van der Waals surface area contributed by atoms with E-state index in [0.717, 1.165) is 11.9 Å². The first-order valence-electron chi connectivity index (χ1n) is 9.40. The maximum atomic E-state index is 12.4. The van der Waals surface area contributed by atoms with Crippen molar-refractivity contribution in [3.8, 4) is 0 Å². The van der Waals surface area contributed by atoms with Crippen LogP contribution in [0.3, 0.4) is 0 Å². The second-order valence-electron chi connectivity index (χ2n) is 6.81. The van der Waals surface area contributed by atoms with Crippen LogP contribution in [0.4, 0.5) is 0 Å². The molecule has 3 N–H and O–H groups in total. The van der Waals surface area contributed by atoms with Crippen LogP contribution in [0.2, 0.25) is 0 Å². The number of amides is 3. The van der Waals surface area contributed by atoms with Gasteiger partial charge in [-0.05, 0) is 25.0 Å². The zero-order valence-corrected chi connectivity index (χ0v) is 17.4. The van der Waals surface area contributed by atoms with Crippen LogP contribution in [0, 0.1) is 0 Å². The number of hydrogen-bond acceptors (Lipinski definition) is 7. The van der Waals surface area contributed by atoms with Crippen LogP contribution in [0.5, 0.6) is 0 Å². The number of carbonyl (C=O) groups is 4. The van der Waals surface area contributed by atoms with Gasteiger partial charge in [-0.2, -0.15) is 0 Å². The van der Waals surface area contributed by atoms with E-state index in [2.05, 4.69) is 20.3 Å². The molecule has 0 saturated carbocycles. The standard InChI is InChI=1S/C18H25N5O6S/c1-30(28,29)22-12-16(25)23-10-4-6-14(23)17(26)21-11-15(24)18(27)20-9-7-13-5-2-3-8-19-13/h2-3,5,8,14,22H,4,6-7,9-12H2,1H3,(H,20,27)(H,21,26). The number of nitrogens with one attached hydrogen (secondary N) is 3. The van der Waals surface area contributed by atoms with Crippen molar-refractivity contribution in [3.63, 3.8) is 0 Å². The normalized spacial score (nSPS) is 16.2. The number of rotatable bonds is 10. The minimum Gasteiger partial charge on any atom is -0.349 e. The third-order valence-corrected chi connectivity index (χ3v) is 5.10. The Hall–Kier alpha value is -2.86. The molecule has 1 aliphatic rings. The molecular weight excluding hydrogens is 414 g/mol. The van der Waals surface area contributed by atoms with E-state index in [4.69, 9.17) is 0 Å². The zero-order valence-electron chi connectivity index (χ0n) is 16.6. The number of likely N-dealkylation sites (tertiary alicyclic amines) is 1. The molecule has 30 heavy (non-hydrogen) atoms. The van der Waals surface area contributed by atoms with Crippen LogP contribution < -0.4 is 15.4 Å². The lowest BCUT2D eigenvalue weighted by Gasteiger charge is -2.23. The van der Waals surface area contributed by atoms with Crippen molar-refractivity contribution in [1.29, 1.82) is 0 Å². The summed E-state index contributed by atoms with van der Waals surface area (Å²) in [5.74, 6) is -2.71. The molecule has 2 rings (SSSR count). The van der Waals surface area contributed by atoms with Gasteiger partial charge >= 0.3 is 0 Å². The Morgan fingerprint density at radius 2 is 1.93 bits per heavy atom. The molecule has 1 unspecified atom stereocenters. The SMILES string of the molecule is CS(=O)(=O)NCC(=O)N1CCCC1C(=O)NCC(=O)C(=O)NCCc1ccccn1. The molecule has 0 aromatic carbocycles. The van der Waals surface area contributed by atoms with E-state index in [0.29, 0.717) is 25.8 Å². The van der Waals surface area contributed by atoms with Crippen molar-refractivity contribution in [2.75, 3.05) is 32.4 Å². The van der Waals surface area contributed by atoms with E-state index in [-0.39, 0.29) is 6.54 Å². The molecule has 12 heteroatoms. The number of pyridine rings is 1. The summed E-state index contributed by atoms with van der Waals surface area (Å²) in [6.07, 6.45) is 3.99. The first kappa shape index (κ1) is 23.4. The number of ketones is 1. The lowest BCUT2D eigenvalue weighted by Crippen LogP contribution is -2.50. The molecule has 1 fully saturated rings. The zero-order chi connectivity index (χ0) is 22.1. The molecule has 1 atom stereocenters. The van der Waals surface area contributed by atoms with Gasteiger partial charge in [0.25, 0.3) is 5.91 Å². The Morgan fingerprint density at radius 3 is 2.60 bits per heavy atom. The van der Waals surface area contributed by atoms with Crippen molar-refractivity contribution in [2.24, 2.45) is 0 Å². The second-order valence-corrected chi connectivity index (χ2v) is 8.64. The summed E-state index contributed by atoms with van der Waals surface area (Å²) in [7, 11) is -3.53. The molecule has 2 heterocycles. The Bertz CT molecular complexity index is 890. The highest BCUT2D eigenvalue weighted by Gasteiger charge is 2.34. The smallest absolute Gasteiger partial charge is 0.289 e. The van der Waals surface area contributed by atoms with Crippen molar-refractivity contribution in [2.45, 2.75) is 25.3 Å². The summed E-state index contributed by atoms with van der Waals surface area (Å²) in [6.45, 7) is -0.396. The lowest BCUT2D eigenvalue weighted by atomic mass is 10.2. The summed E-state index contributed by atoms with van der Waals surface area (Å²) in [5, 5.41) is 4.85. The third kappa shape index (κ3) is 7.52. The number of aromatic nitrogens is 1. The number of sulfonamides is 1. The van der Waals surface area contributed by atoms with Crippen LogP contribution in [0.1, 0.15) is 18.5 Å². The van der Waals surface area contributed by atoms with Gasteiger partial charge in [-0.15, -0.1) is 0 Å². The van der Waals surface area contributed by atoms with E-state index >= 15 is 0 Å². The number of nitrogens with zero attached hydrogens (tertiary/aromatic N) is 2. The Morgan fingerprint density at radius 1 is 1.17 bits per heavy atom. The van der Waals surface area contributed by atoms with Crippen molar-refractivity contribution in [1.82, 2.24) is 25.2 Å². The lowest BCUT2D eigenvalue weighted by molar-refractivity contribution is -0.140. The van der Waals surface area contributed by atoms with Gasteiger partial charge in [-0.25, -0.2) is 13.1 Å². The van der Waals surface area contributed by atoms with Crippen LogP contribution in [-0.2, 0) is 35.6 Å². The highest BCUT2D eigenvalue weighted by molar-refractivity contribution is 7.88. The van der Waals surface area contributed by atoms with E-state index in [9.17, 15) is 27.6 Å². The Kier molecular flexibility index (Phi) is 8.42. The maximum Gasteiger partial charge on any atom is 0.289 e. The van der Waals surface area contributed by atoms with Gasteiger partial charge in [0.1, 0.15) is 6.04 Å². The summed E-state index contributed by atoms with van der Waals surface area (Å²) >= 11 is 0. The Balaban J connectivity index is 1.75. The topological polar surface area (TPSA) is 155 Å². The molecule has 0 aliphatic carbocycles. The molecular formula is C18H25N5O6S. The van der Waals surface area contributed by atoms with Crippen LogP contribution >= 0.6 is 0 Å². The molecule has 1 aliphatic heterocycles. The van der Waals surface area contributed by atoms with E-state index in [1.165, 1.54) is 4.90 Å². The molecule has 3 amide bonds. The van der Waals surface area contributed by atoms with Crippen LogP contribution in [-0.4, -0.2) is 80.3 Å². The summed E-state index contributed by atoms with van der Waals surface area (Å²) < 4.78 is 24.3. The predicted octanol–water partition coefficient (Wildman–Crippen LogP) is -2.03. The minimum atomic E-state index is -3.53. The van der Waals surface area contributed by atoms with E-state index < -0.39 is 52.7 Å². The highest BCUT2D eigenvalue weighted by atomic mass is 32.2. The summed E-state index contributed by atoms with van der Waals surface area (Å²) in [6, 6.07) is 4.59. The maximum absolute atomic E-state index is 12.4. The predicted molar refractivity (Wildman–Crippen MR) is 107 cm³/mol. The average Bonchev–Trinajstić information content (AvgIpc) is 3.20. The van der Waals surface area contributed by atoms with Gasteiger partial charge in [-0.1, -0.05) is 6.07 Å². The second kappa shape index (κ2) is 10.8. The molecule has 0 radical (unpaired) electrons. The molecule has 0 bridgehead atoms. The van der Waals surface area contributed by atoms with E-state index in [1.807, 2.05) is 6.07 Å². The van der Waals surface area contributed by atoms with Gasteiger partial charge in [0.15, 0.2) is 0 Å². The van der Waals surface area contributed by atoms with E-state index in [1.54, 1.807) is 18.3 Å². The first-order chi connectivity index (χ1) is 14.2. The van der Waals surface area contributed by atoms with Crippen LogP contribution in [0.25, 0.3) is 0 Å². The molecule has 0 spiro atoms. The molecule has 164 valence electrons. The van der Waals surface area contributed by atoms with Gasteiger partial charge < -0.3 is 15.5 Å². The molecule has 1 aromatic heterocycles. The molecule has 11 nitrogen and oxygen atoms in total. The number of hydrogen-bond donors (Lipinski definition) is 3. The summed E-state index contributed by atoms with van der Waals surface area (Å²) in [4.78, 5) is 53.7. The average molecular weight is 439 g/mol. The fraction of sp³-hybridized carbons (Fsp3) is 0.500. The third-order valence-electron chi connectivity index (χ3n) is 4.43. The highest BCUT2D eigenvalue weighted by Crippen LogP contribution is 2.17. The Labute approximate surface area is 174 Å². The number of carbonyl (C=O) groups excluding carboxylic acids is 4. The fourth-order valence-corrected chi connectivity index (χ4v) is 3.33. The summed E-state index contributed by atoms with van der Waals surface area (Å²) in [5.41, 5.74) is 0.773. The largest absolute Gasteiger partial charge is 0.349 e. The van der Waals surface area contributed by atoms with Crippen LogP contribution in [0.15, 0.2) is 24.4 Å². The first-order valence-corrected chi connectivity index (χ1v) is 11.3. The van der Waals surface area contributed by atoms with Gasteiger partial charge in [0.05, 0.1) is 19.3 Å². The monoisotopic (exact) mass is 439 g/mol. The van der Waals surface area contributed by atoms with Gasteiger partial charge in [0.2, 0.25) is 27.6 Å². The van der Waals surface area contributed by atoms with Crippen molar-refractivity contribution in [3.05, 3.63) is 30.1 Å². The molecule has 1 aromatic rings. The quantitative estimate of drug-likeness (QED) is 0.355.